The van der Waals surface area contributed by atoms with Gasteiger partial charge in [0.1, 0.15) is 6.04 Å². The van der Waals surface area contributed by atoms with E-state index >= 15 is 0 Å². The number of nitrogens with zero attached hydrogens (tertiary/aromatic N) is 1. The van der Waals surface area contributed by atoms with E-state index in [2.05, 4.69) is 39.0 Å². The zero-order chi connectivity index (χ0) is 16.2. The van der Waals surface area contributed by atoms with E-state index in [1.165, 1.54) is 0 Å². The Bertz CT molecular complexity index is 674. The van der Waals surface area contributed by atoms with Gasteiger partial charge >= 0.3 is 5.97 Å². The molecule has 0 aliphatic carbocycles. The minimum Gasteiger partial charge on any atom is -0.480 e. The molecule has 1 fully saturated rings. The Morgan fingerprint density at radius 1 is 1.09 bits per heavy atom. The number of halogens is 1. The van der Waals surface area contributed by atoms with Gasteiger partial charge in [0, 0.05) is 4.47 Å². The molecule has 1 aliphatic rings. The second-order valence-electron chi connectivity index (χ2n) is 5.92. The third-order valence-corrected chi connectivity index (χ3v) is 5.20. The lowest BCUT2D eigenvalue weighted by Gasteiger charge is -2.40. The number of benzene rings is 2. The summed E-state index contributed by atoms with van der Waals surface area (Å²) in [4.78, 5) is 13.9. The first-order valence-electron chi connectivity index (χ1n) is 7.96. The lowest BCUT2D eigenvalue weighted by atomic mass is 9.92. The molecule has 0 amide bonds. The van der Waals surface area contributed by atoms with E-state index in [0.29, 0.717) is 6.42 Å². The number of carboxylic acid groups (broad SMARTS) is 1. The summed E-state index contributed by atoms with van der Waals surface area (Å²) in [6, 6.07) is 17.8. The third kappa shape index (κ3) is 3.48. The van der Waals surface area contributed by atoms with Crippen molar-refractivity contribution in [2.45, 2.75) is 31.3 Å². The lowest BCUT2D eigenvalue weighted by Crippen LogP contribution is -2.46. The second kappa shape index (κ2) is 7.28. The molecule has 1 N–H and O–H groups in total. The van der Waals surface area contributed by atoms with Crippen molar-refractivity contribution in [1.82, 2.24) is 4.90 Å². The molecule has 23 heavy (non-hydrogen) atoms. The van der Waals surface area contributed by atoms with Crippen LogP contribution in [-0.4, -0.2) is 28.6 Å². The number of carboxylic acids is 1. The molecule has 3 rings (SSSR count). The normalized spacial score (nSPS) is 20.1. The Labute approximate surface area is 145 Å². The van der Waals surface area contributed by atoms with Gasteiger partial charge in [0.05, 0.1) is 6.04 Å². The highest BCUT2D eigenvalue weighted by Gasteiger charge is 2.35. The fourth-order valence-corrected chi connectivity index (χ4v) is 3.91. The predicted molar refractivity (Wildman–Crippen MR) is 94.4 cm³/mol. The van der Waals surface area contributed by atoms with Crippen molar-refractivity contribution in [1.29, 1.82) is 0 Å². The molecule has 1 aliphatic heterocycles. The molecule has 0 bridgehead atoms. The number of hydrogen-bond donors (Lipinski definition) is 1. The van der Waals surface area contributed by atoms with Gasteiger partial charge in [-0.3, -0.25) is 9.69 Å². The van der Waals surface area contributed by atoms with Crippen LogP contribution in [0.15, 0.2) is 59.1 Å². The Morgan fingerprint density at radius 2 is 1.78 bits per heavy atom. The average molecular weight is 374 g/mol. The lowest BCUT2D eigenvalue weighted by molar-refractivity contribution is -0.145. The molecule has 2 atom stereocenters. The first-order chi connectivity index (χ1) is 11.2. The molecule has 0 spiro atoms. The molecule has 3 nitrogen and oxygen atoms in total. The molecule has 1 heterocycles. The minimum atomic E-state index is -0.724. The highest BCUT2D eigenvalue weighted by molar-refractivity contribution is 9.10. The van der Waals surface area contributed by atoms with Crippen molar-refractivity contribution in [3.8, 4) is 0 Å². The summed E-state index contributed by atoms with van der Waals surface area (Å²) < 4.78 is 1.02. The smallest absolute Gasteiger partial charge is 0.320 e. The third-order valence-electron chi connectivity index (χ3n) is 4.48. The van der Waals surface area contributed by atoms with Crippen LogP contribution in [0.2, 0.25) is 0 Å². The van der Waals surface area contributed by atoms with Crippen LogP contribution in [0.5, 0.6) is 0 Å². The average Bonchev–Trinajstić information content (AvgIpc) is 2.58. The van der Waals surface area contributed by atoms with E-state index < -0.39 is 12.0 Å². The Balaban J connectivity index is 2.08. The zero-order valence-electron chi connectivity index (χ0n) is 12.9. The van der Waals surface area contributed by atoms with Gasteiger partial charge in [0.25, 0.3) is 0 Å². The maximum atomic E-state index is 11.8. The molecule has 0 saturated carbocycles. The summed E-state index contributed by atoms with van der Waals surface area (Å²) >= 11 is 3.64. The van der Waals surface area contributed by atoms with Crippen LogP contribution in [0, 0.1) is 0 Å². The number of likely N-dealkylation sites (tertiary alicyclic amines) is 1. The number of piperidine rings is 1. The van der Waals surface area contributed by atoms with E-state index in [0.717, 1.165) is 35.0 Å². The first-order valence-corrected chi connectivity index (χ1v) is 8.75. The number of hydrogen-bond acceptors (Lipinski definition) is 2. The van der Waals surface area contributed by atoms with Gasteiger partial charge in [0.15, 0.2) is 0 Å². The molecule has 2 unspecified atom stereocenters. The van der Waals surface area contributed by atoms with Crippen molar-refractivity contribution >= 4 is 21.9 Å². The maximum absolute atomic E-state index is 11.8. The highest BCUT2D eigenvalue weighted by atomic mass is 79.9. The topological polar surface area (TPSA) is 40.5 Å². The van der Waals surface area contributed by atoms with Gasteiger partial charge in [-0.2, -0.15) is 0 Å². The molecular weight excluding hydrogens is 354 g/mol. The summed E-state index contributed by atoms with van der Waals surface area (Å²) in [7, 11) is 0. The summed E-state index contributed by atoms with van der Waals surface area (Å²) in [5.41, 5.74) is 2.25. The number of rotatable bonds is 4. The van der Waals surface area contributed by atoms with Crippen LogP contribution in [-0.2, 0) is 4.79 Å². The maximum Gasteiger partial charge on any atom is 0.320 e. The second-order valence-corrected chi connectivity index (χ2v) is 6.78. The summed E-state index contributed by atoms with van der Waals surface area (Å²) in [5, 5.41) is 9.67. The molecule has 120 valence electrons. The summed E-state index contributed by atoms with van der Waals surface area (Å²) in [6.07, 6.45) is 2.73. The Hall–Kier alpha value is -1.65. The van der Waals surface area contributed by atoms with E-state index in [1.807, 2.05) is 36.4 Å². The van der Waals surface area contributed by atoms with Crippen molar-refractivity contribution in [2.75, 3.05) is 6.54 Å². The molecule has 2 aromatic rings. The van der Waals surface area contributed by atoms with E-state index in [-0.39, 0.29) is 6.04 Å². The zero-order valence-corrected chi connectivity index (χ0v) is 14.4. The van der Waals surface area contributed by atoms with Crippen LogP contribution < -0.4 is 0 Å². The predicted octanol–water partition coefficient (Wildman–Crippen LogP) is 4.48. The van der Waals surface area contributed by atoms with Gasteiger partial charge < -0.3 is 5.11 Å². The van der Waals surface area contributed by atoms with E-state index in [1.54, 1.807) is 0 Å². The van der Waals surface area contributed by atoms with Crippen molar-refractivity contribution in [2.24, 2.45) is 0 Å². The van der Waals surface area contributed by atoms with E-state index in [4.69, 9.17) is 0 Å². The van der Waals surface area contributed by atoms with Gasteiger partial charge in [-0.05, 0) is 36.6 Å². The largest absolute Gasteiger partial charge is 0.480 e. The van der Waals surface area contributed by atoms with Gasteiger partial charge in [-0.1, -0.05) is 70.9 Å². The highest BCUT2D eigenvalue weighted by Crippen LogP contribution is 2.37. The molecule has 0 radical (unpaired) electrons. The number of carbonyl (C=O) groups is 1. The quantitative estimate of drug-likeness (QED) is 0.858. The molecule has 4 heteroatoms. The van der Waals surface area contributed by atoms with Crippen LogP contribution in [0.1, 0.15) is 36.4 Å². The summed E-state index contributed by atoms with van der Waals surface area (Å²) in [6.45, 7) is 0.803. The molecule has 2 aromatic carbocycles. The van der Waals surface area contributed by atoms with Crippen molar-refractivity contribution in [3.63, 3.8) is 0 Å². The van der Waals surface area contributed by atoms with Crippen molar-refractivity contribution in [3.05, 3.63) is 70.2 Å². The van der Waals surface area contributed by atoms with Crippen LogP contribution in [0.3, 0.4) is 0 Å². The van der Waals surface area contributed by atoms with Crippen LogP contribution in [0.25, 0.3) is 0 Å². The number of aliphatic carboxylic acids is 1. The molecular formula is C19H20BrNO2. The van der Waals surface area contributed by atoms with Crippen LogP contribution >= 0.6 is 15.9 Å². The minimum absolute atomic E-state index is 0.0480. The van der Waals surface area contributed by atoms with Gasteiger partial charge in [-0.25, -0.2) is 0 Å². The monoisotopic (exact) mass is 373 g/mol. The van der Waals surface area contributed by atoms with Crippen LogP contribution in [0.4, 0.5) is 0 Å². The summed E-state index contributed by atoms with van der Waals surface area (Å²) in [5.74, 6) is -0.724. The molecule has 1 saturated heterocycles. The fourth-order valence-electron chi connectivity index (χ4n) is 3.41. The van der Waals surface area contributed by atoms with E-state index in [9.17, 15) is 9.90 Å². The van der Waals surface area contributed by atoms with Crippen molar-refractivity contribution < 1.29 is 9.90 Å². The fraction of sp³-hybridized carbons (Fsp3) is 0.316. The van der Waals surface area contributed by atoms with Gasteiger partial charge in [0.2, 0.25) is 0 Å². The SMILES string of the molecule is O=C(O)C1CCCCN1C(c1ccccc1)c1ccccc1Br. The van der Waals surface area contributed by atoms with Gasteiger partial charge in [-0.15, -0.1) is 0 Å². The Kier molecular flexibility index (Phi) is 5.13. The first kappa shape index (κ1) is 16.2. The standard InChI is InChI=1S/C19H20BrNO2/c20-16-11-5-4-10-15(16)18(14-8-2-1-3-9-14)21-13-7-6-12-17(21)19(22)23/h1-5,8-11,17-18H,6-7,12-13H2,(H,22,23). The molecule has 0 aromatic heterocycles. The Morgan fingerprint density at radius 3 is 2.48 bits per heavy atom.